The molecule has 0 aliphatic heterocycles. The van der Waals surface area contributed by atoms with Crippen LogP contribution in [-0.4, -0.2) is 25.7 Å². The van der Waals surface area contributed by atoms with Crippen LogP contribution in [-0.2, 0) is 11.3 Å². The highest BCUT2D eigenvalue weighted by Gasteiger charge is 2.08. The number of carbonyl (C=O) groups excluding carboxylic acids is 1. The number of aryl methyl sites for hydroxylation is 2. The molecule has 2 aromatic heterocycles. The Bertz CT molecular complexity index is 520. The molecule has 0 saturated carbocycles. The molecule has 2 rings (SSSR count). The van der Waals surface area contributed by atoms with Crippen molar-refractivity contribution in [2.75, 3.05) is 5.32 Å². The Hall–Kier alpha value is -2.24. The van der Waals surface area contributed by atoms with Gasteiger partial charge < -0.3 is 0 Å². The quantitative estimate of drug-likeness (QED) is 0.852. The smallest absolute Gasteiger partial charge is 0.248 e. The summed E-state index contributed by atoms with van der Waals surface area (Å²) in [7, 11) is 0. The van der Waals surface area contributed by atoms with E-state index in [1.165, 1.54) is 0 Å². The summed E-state index contributed by atoms with van der Waals surface area (Å²) >= 11 is 0. The van der Waals surface area contributed by atoms with Crippen molar-refractivity contribution < 1.29 is 4.79 Å². The maximum absolute atomic E-state index is 11.7. The van der Waals surface area contributed by atoms with E-state index < -0.39 is 0 Å². The molecule has 2 aromatic rings. The minimum absolute atomic E-state index is 0.165. The van der Waals surface area contributed by atoms with Crippen LogP contribution in [0.15, 0.2) is 24.5 Å². The number of hydrogen-bond donors (Lipinski definition) is 1. The number of amides is 1. The average Bonchev–Trinajstić information content (AvgIpc) is 2.58. The second-order valence-electron chi connectivity index (χ2n) is 3.71. The van der Waals surface area contributed by atoms with Crippen molar-refractivity contribution in [3.8, 4) is 0 Å². The van der Waals surface area contributed by atoms with Gasteiger partial charge in [-0.05, 0) is 26.0 Å². The van der Waals surface area contributed by atoms with Crippen molar-refractivity contribution in [2.45, 2.75) is 20.4 Å². The van der Waals surface area contributed by atoms with Crippen LogP contribution in [0.25, 0.3) is 0 Å². The molecule has 0 aliphatic rings. The highest BCUT2D eigenvalue weighted by atomic mass is 16.2. The van der Waals surface area contributed by atoms with Gasteiger partial charge in [0.25, 0.3) is 0 Å². The maximum Gasteiger partial charge on any atom is 0.248 e. The molecule has 0 fully saturated rings. The summed E-state index contributed by atoms with van der Waals surface area (Å²) in [6.45, 7) is 3.96. The van der Waals surface area contributed by atoms with Gasteiger partial charge in [0.05, 0.1) is 5.69 Å². The minimum Gasteiger partial charge on any atom is -0.293 e. The second-order valence-corrected chi connectivity index (χ2v) is 3.71. The van der Waals surface area contributed by atoms with Gasteiger partial charge in [0, 0.05) is 18.1 Å². The van der Waals surface area contributed by atoms with Crippen LogP contribution in [0.5, 0.6) is 0 Å². The van der Waals surface area contributed by atoms with E-state index in [2.05, 4.69) is 20.4 Å². The molecule has 17 heavy (non-hydrogen) atoms. The number of hydrogen-bond acceptors (Lipinski definition) is 4. The Kier molecular flexibility index (Phi) is 3.13. The third kappa shape index (κ3) is 2.87. The molecule has 6 nitrogen and oxygen atoms in total. The van der Waals surface area contributed by atoms with Crippen molar-refractivity contribution >= 4 is 11.9 Å². The predicted octanol–water partition coefficient (Wildman–Crippen LogP) is 0.929. The highest BCUT2D eigenvalue weighted by molar-refractivity contribution is 5.88. The first-order valence-corrected chi connectivity index (χ1v) is 5.23. The lowest BCUT2D eigenvalue weighted by atomic mass is 10.4. The topological polar surface area (TPSA) is 72.7 Å². The maximum atomic E-state index is 11.7. The second kappa shape index (κ2) is 4.73. The lowest BCUT2D eigenvalue weighted by Crippen LogP contribution is -2.21. The zero-order valence-corrected chi connectivity index (χ0v) is 9.71. The van der Waals surface area contributed by atoms with E-state index >= 15 is 0 Å². The fraction of sp³-hybridized carbons (Fsp3) is 0.273. The number of nitrogens with one attached hydrogen (secondary N) is 1. The van der Waals surface area contributed by atoms with E-state index in [4.69, 9.17) is 0 Å². The SMILES string of the molecule is Cc1cc(C)n(CC(=O)Nc2ncccn2)n1. The molecular formula is C11H13N5O. The summed E-state index contributed by atoms with van der Waals surface area (Å²) in [5.41, 5.74) is 1.85. The first-order chi connectivity index (χ1) is 8.15. The van der Waals surface area contributed by atoms with Gasteiger partial charge in [-0.2, -0.15) is 5.10 Å². The highest BCUT2D eigenvalue weighted by Crippen LogP contribution is 2.02. The first kappa shape index (κ1) is 11.3. The van der Waals surface area contributed by atoms with E-state index in [0.717, 1.165) is 11.4 Å². The standard InChI is InChI=1S/C11H13N5O/c1-8-6-9(2)16(15-8)7-10(17)14-11-12-4-3-5-13-11/h3-6H,7H2,1-2H3,(H,12,13,14,17). The molecule has 1 N–H and O–H groups in total. The third-order valence-corrected chi connectivity index (χ3v) is 2.21. The molecular weight excluding hydrogens is 218 g/mol. The van der Waals surface area contributed by atoms with E-state index in [0.29, 0.717) is 5.95 Å². The van der Waals surface area contributed by atoms with Crippen LogP contribution in [0, 0.1) is 13.8 Å². The summed E-state index contributed by atoms with van der Waals surface area (Å²) in [4.78, 5) is 19.5. The number of aromatic nitrogens is 4. The van der Waals surface area contributed by atoms with E-state index in [1.807, 2.05) is 19.9 Å². The largest absolute Gasteiger partial charge is 0.293 e. The number of rotatable bonds is 3. The van der Waals surface area contributed by atoms with Crippen LogP contribution in [0.2, 0.25) is 0 Å². The Morgan fingerprint density at radius 3 is 2.65 bits per heavy atom. The summed E-state index contributed by atoms with van der Waals surface area (Å²) in [6.07, 6.45) is 3.15. The third-order valence-electron chi connectivity index (χ3n) is 2.21. The molecule has 0 bridgehead atoms. The average molecular weight is 231 g/mol. The van der Waals surface area contributed by atoms with E-state index in [1.54, 1.807) is 23.1 Å². The Morgan fingerprint density at radius 2 is 2.06 bits per heavy atom. The van der Waals surface area contributed by atoms with Crippen molar-refractivity contribution in [1.29, 1.82) is 0 Å². The Morgan fingerprint density at radius 1 is 1.35 bits per heavy atom. The van der Waals surface area contributed by atoms with Crippen LogP contribution in [0.3, 0.4) is 0 Å². The molecule has 88 valence electrons. The van der Waals surface area contributed by atoms with Crippen molar-refractivity contribution in [3.05, 3.63) is 35.9 Å². The fourth-order valence-corrected chi connectivity index (χ4v) is 1.50. The van der Waals surface area contributed by atoms with Crippen LogP contribution < -0.4 is 5.32 Å². The molecule has 1 amide bonds. The zero-order valence-electron chi connectivity index (χ0n) is 9.71. The summed E-state index contributed by atoms with van der Waals surface area (Å²) in [5, 5.41) is 6.81. The Labute approximate surface area is 98.7 Å². The van der Waals surface area contributed by atoms with Crippen molar-refractivity contribution in [1.82, 2.24) is 19.7 Å². The number of anilines is 1. The lowest BCUT2D eigenvalue weighted by molar-refractivity contribution is -0.117. The molecule has 2 heterocycles. The molecule has 0 aliphatic carbocycles. The van der Waals surface area contributed by atoms with Crippen LogP contribution in [0.4, 0.5) is 5.95 Å². The molecule has 0 spiro atoms. The number of carbonyl (C=O) groups is 1. The van der Waals surface area contributed by atoms with Gasteiger partial charge in [0.1, 0.15) is 6.54 Å². The van der Waals surface area contributed by atoms with Crippen LogP contribution >= 0.6 is 0 Å². The summed E-state index contributed by atoms with van der Waals surface area (Å²) in [5.74, 6) is 0.112. The molecule has 6 heteroatoms. The van der Waals surface area contributed by atoms with Gasteiger partial charge in [-0.1, -0.05) is 0 Å². The van der Waals surface area contributed by atoms with E-state index in [9.17, 15) is 4.79 Å². The molecule has 0 radical (unpaired) electrons. The monoisotopic (exact) mass is 231 g/mol. The van der Waals surface area contributed by atoms with Gasteiger partial charge in [-0.3, -0.25) is 14.8 Å². The van der Waals surface area contributed by atoms with Gasteiger partial charge >= 0.3 is 0 Å². The molecule has 0 aromatic carbocycles. The molecule has 0 atom stereocenters. The summed E-state index contributed by atoms with van der Waals surface area (Å²) in [6, 6.07) is 3.61. The van der Waals surface area contributed by atoms with Gasteiger partial charge in [0.15, 0.2) is 0 Å². The van der Waals surface area contributed by atoms with Gasteiger partial charge in [0.2, 0.25) is 11.9 Å². The van der Waals surface area contributed by atoms with Gasteiger partial charge in [-0.25, -0.2) is 9.97 Å². The van der Waals surface area contributed by atoms with Crippen molar-refractivity contribution in [3.63, 3.8) is 0 Å². The summed E-state index contributed by atoms with van der Waals surface area (Å²) < 4.78 is 1.65. The Balaban J connectivity index is 2.01. The zero-order chi connectivity index (χ0) is 12.3. The lowest BCUT2D eigenvalue weighted by Gasteiger charge is -2.04. The van der Waals surface area contributed by atoms with Crippen molar-refractivity contribution in [2.24, 2.45) is 0 Å². The minimum atomic E-state index is -0.192. The molecule has 0 unspecified atom stereocenters. The van der Waals surface area contributed by atoms with E-state index in [-0.39, 0.29) is 12.5 Å². The van der Waals surface area contributed by atoms with Gasteiger partial charge in [-0.15, -0.1) is 0 Å². The predicted molar refractivity (Wildman–Crippen MR) is 62.4 cm³/mol. The van der Waals surface area contributed by atoms with Crippen LogP contribution in [0.1, 0.15) is 11.4 Å². The number of nitrogens with zero attached hydrogens (tertiary/aromatic N) is 4. The first-order valence-electron chi connectivity index (χ1n) is 5.23. The fourth-order valence-electron chi connectivity index (χ4n) is 1.50. The molecule has 0 saturated heterocycles. The normalized spacial score (nSPS) is 10.2.